The predicted molar refractivity (Wildman–Crippen MR) is 146 cm³/mol. The van der Waals surface area contributed by atoms with Gasteiger partial charge in [0.15, 0.2) is 0 Å². The molecule has 2 heterocycles. The number of alkyl halides is 3. The summed E-state index contributed by atoms with van der Waals surface area (Å²) in [7, 11) is 2.99. The van der Waals surface area contributed by atoms with Gasteiger partial charge in [-0.25, -0.2) is 4.99 Å². The van der Waals surface area contributed by atoms with Crippen LogP contribution in [0.3, 0.4) is 0 Å². The molecule has 1 atom stereocenters. The number of rotatable bonds is 6. The van der Waals surface area contributed by atoms with Gasteiger partial charge in [0, 0.05) is 43.5 Å². The molecule has 40 heavy (non-hydrogen) atoms. The molecule has 0 amide bonds. The molecule has 1 saturated heterocycles. The fraction of sp³-hybridized carbons (Fsp3) is 0.310. The van der Waals surface area contributed by atoms with Crippen LogP contribution in [0.1, 0.15) is 23.6 Å². The van der Waals surface area contributed by atoms with E-state index in [0.29, 0.717) is 43.4 Å². The molecule has 3 aromatic rings. The molecule has 8 nitrogen and oxygen atoms in total. The summed E-state index contributed by atoms with van der Waals surface area (Å²) >= 11 is 0. The van der Waals surface area contributed by atoms with E-state index < -0.39 is 23.8 Å². The number of carboxylic acids is 1. The van der Waals surface area contributed by atoms with E-state index in [1.54, 1.807) is 36.3 Å². The summed E-state index contributed by atoms with van der Waals surface area (Å²) in [5.41, 5.74) is 1.44. The van der Waals surface area contributed by atoms with Gasteiger partial charge in [-0.15, -0.1) is 0 Å². The lowest BCUT2D eigenvalue weighted by molar-refractivity contribution is -0.138. The SMILES string of the molecule is COc1cccc(N2CCN(C3=Nc4ccccc4[C@H](CC(=O)O)N3c3cc(C(F)(F)F)ccc3OC)CC2)c1. The van der Waals surface area contributed by atoms with Crippen molar-refractivity contribution in [3.05, 3.63) is 77.9 Å². The van der Waals surface area contributed by atoms with Crippen LogP contribution in [-0.4, -0.2) is 62.3 Å². The quantitative estimate of drug-likeness (QED) is 0.427. The Morgan fingerprint density at radius 2 is 1.68 bits per heavy atom. The number of carboxylic acid groups (broad SMARTS) is 1. The van der Waals surface area contributed by atoms with Crippen LogP contribution in [0.5, 0.6) is 11.5 Å². The number of hydrogen-bond acceptors (Lipinski definition) is 7. The lowest BCUT2D eigenvalue weighted by atomic mass is 9.97. The van der Waals surface area contributed by atoms with Gasteiger partial charge in [-0.2, -0.15) is 13.2 Å². The molecule has 1 N–H and O–H groups in total. The third-order valence-electron chi connectivity index (χ3n) is 7.16. The molecule has 210 valence electrons. The Morgan fingerprint density at radius 1 is 0.950 bits per heavy atom. The van der Waals surface area contributed by atoms with Gasteiger partial charge in [0.1, 0.15) is 11.5 Å². The molecule has 2 aliphatic rings. The zero-order valence-electron chi connectivity index (χ0n) is 22.1. The van der Waals surface area contributed by atoms with E-state index in [1.807, 2.05) is 29.2 Å². The molecular formula is C29H29F3N4O4. The van der Waals surface area contributed by atoms with Crippen LogP contribution >= 0.6 is 0 Å². The number of fused-ring (bicyclic) bond motifs is 1. The number of anilines is 2. The highest BCUT2D eigenvalue weighted by Gasteiger charge is 2.39. The molecule has 0 bridgehead atoms. The van der Waals surface area contributed by atoms with E-state index in [2.05, 4.69) is 4.90 Å². The maximum Gasteiger partial charge on any atom is 0.416 e. The number of ether oxygens (including phenoxy) is 2. The predicted octanol–water partition coefficient (Wildman–Crippen LogP) is 5.57. The second-order valence-corrected chi connectivity index (χ2v) is 9.51. The number of hydrogen-bond donors (Lipinski definition) is 1. The topological polar surface area (TPSA) is 77.8 Å². The number of halogens is 3. The maximum atomic E-state index is 13.8. The van der Waals surface area contributed by atoms with Crippen LogP contribution in [0, 0.1) is 0 Å². The monoisotopic (exact) mass is 554 g/mol. The van der Waals surface area contributed by atoms with Crippen LogP contribution in [0.4, 0.5) is 30.2 Å². The van der Waals surface area contributed by atoms with E-state index >= 15 is 0 Å². The zero-order chi connectivity index (χ0) is 28.4. The first kappa shape index (κ1) is 27.2. The van der Waals surface area contributed by atoms with Crippen LogP contribution in [0.25, 0.3) is 0 Å². The first-order valence-electron chi connectivity index (χ1n) is 12.8. The minimum Gasteiger partial charge on any atom is -0.497 e. The van der Waals surface area contributed by atoms with E-state index in [1.165, 1.54) is 13.2 Å². The maximum absolute atomic E-state index is 13.8. The Labute approximate surface area is 229 Å². The molecule has 3 aromatic carbocycles. The Bertz CT molecular complexity index is 1420. The number of guanidine groups is 1. The van der Waals surface area contributed by atoms with Crippen molar-refractivity contribution in [2.75, 3.05) is 50.2 Å². The van der Waals surface area contributed by atoms with Crippen LogP contribution in [0.15, 0.2) is 71.7 Å². The van der Waals surface area contributed by atoms with Gasteiger partial charge in [0.05, 0.1) is 43.6 Å². The van der Waals surface area contributed by atoms with Crippen molar-refractivity contribution >= 4 is 29.0 Å². The molecule has 0 saturated carbocycles. The highest BCUT2D eigenvalue weighted by molar-refractivity contribution is 6.02. The second-order valence-electron chi connectivity index (χ2n) is 9.51. The van der Waals surface area contributed by atoms with Gasteiger partial charge in [0.2, 0.25) is 5.96 Å². The lowest BCUT2D eigenvalue weighted by Crippen LogP contribution is -2.55. The number of methoxy groups -OCH3 is 2. The van der Waals surface area contributed by atoms with Crippen molar-refractivity contribution < 1.29 is 32.5 Å². The Hall–Kier alpha value is -4.41. The minimum absolute atomic E-state index is 0.104. The fourth-order valence-electron chi connectivity index (χ4n) is 5.20. The van der Waals surface area contributed by atoms with Crippen molar-refractivity contribution in [2.45, 2.75) is 18.6 Å². The largest absolute Gasteiger partial charge is 0.497 e. The number of benzene rings is 3. The van der Waals surface area contributed by atoms with Gasteiger partial charge < -0.3 is 29.3 Å². The normalized spacial score (nSPS) is 17.3. The molecule has 2 aliphatic heterocycles. The van der Waals surface area contributed by atoms with Gasteiger partial charge in [-0.05, 0) is 36.4 Å². The lowest BCUT2D eigenvalue weighted by Gasteiger charge is -2.45. The Balaban J connectivity index is 1.57. The molecular weight excluding hydrogens is 525 g/mol. The molecule has 5 rings (SSSR count). The van der Waals surface area contributed by atoms with E-state index in [0.717, 1.165) is 23.6 Å². The Morgan fingerprint density at radius 3 is 2.35 bits per heavy atom. The first-order chi connectivity index (χ1) is 19.2. The molecule has 0 aromatic heterocycles. The number of piperazine rings is 1. The van der Waals surface area contributed by atoms with Crippen LogP contribution in [-0.2, 0) is 11.0 Å². The first-order valence-corrected chi connectivity index (χ1v) is 12.8. The number of aliphatic imine (C=N–C) groups is 1. The van der Waals surface area contributed by atoms with Crippen LogP contribution in [0.2, 0.25) is 0 Å². The molecule has 1 fully saturated rings. The van der Waals surface area contributed by atoms with Crippen molar-refractivity contribution in [2.24, 2.45) is 4.99 Å². The molecule has 0 aliphatic carbocycles. The third kappa shape index (κ3) is 5.36. The van der Waals surface area contributed by atoms with Crippen molar-refractivity contribution in [3.63, 3.8) is 0 Å². The Kier molecular flexibility index (Phi) is 7.46. The van der Waals surface area contributed by atoms with E-state index in [9.17, 15) is 23.1 Å². The minimum atomic E-state index is -4.60. The smallest absolute Gasteiger partial charge is 0.416 e. The summed E-state index contributed by atoms with van der Waals surface area (Å²) in [5.74, 6) is 0.228. The molecule has 11 heteroatoms. The van der Waals surface area contributed by atoms with Gasteiger partial charge in [0.25, 0.3) is 0 Å². The summed E-state index contributed by atoms with van der Waals surface area (Å²) in [6.45, 7) is 2.25. The zero-order valence-corrected chi connectivity index (χ0v) is 22.1. The van der Waals surface area contributed by atoms with Gasteiger partial charge >= 0.3 is 12.1 Å². The number of nitrogens with zero attached hydrogens (tertiary/aromatic N) is 4. The average Bonchev–Trinajstić information content (AvgIpc) is 2.96. The number of carbonyl (C=O) groups is 1. The van der Waals surface area contributed by atoms with Gasteiger partial charge in [-0.1, -0.05) is 24.3 Å². The summed E-state index contributed by atoms with van der Waals surface area (Å²) in [5, 5.41) is 9.86. The summed E-state index contributed by atoms with van der Waals surface area (Å²) in [6.07, 6.45) is -4.95. The summed E-state index contributed by atoms with van der Waals surface area (Å²) < 4.78 is 52.3. The average molecular weight is 555 g/mol. The standard InChI is InChI=1S/C29H29F3N4O4/c1-39-21-7-5-6-20(17-21)34-12-14-35(15-13-34)28-33-23-9-4-3-8-22(23)24(18-27(37)38)36(28)25-16-19(29(30,31)32)10-11-26(25)40-2/h3-11,16-17,24H,12-15,18H2,1-2H3,(H,37,38)/t24-/m0/s1. The van der Waals surface area contributed by atoms with E-state index in [-0.39, 0.29) is 17.9 Å². The van der Waals surface area contributed by atoms with Crippen molar-refractivity contribution in [1.82, 2.24) is 4.90 Å². The summed E-state index contributed by atoms with van der Waals surface area (Å²) in [4.78, 5) is 22.7. The molecule has 0 spiro atoms. The highest BCUT2D eigenvalue weighted by atomic mass is 19.4. The highest BCUT2D eigenvalue weighted by Crippen LogP contribution is 2.45. The van der Waals surface area contributed by atoms with Crippen LogP contribution < -0.4 is 19.3 Å². The van der Waals surface area contributed by atoms with E-state index in [4.69, 9.17) is 14.5 Å². The second kappa shape index (κ2) is 11.0. The van der Waals surface area contributed by atoms with Crippen molar-refractivity contribution in [3.8, 4) is 11.5 Å². The summed E-state index contributed by atoms with van der Waals surface area (Å²) in [6, 6.07) is 17.3. The number of aliphatic carboxylic acids is 1. The van der Waals surface area contributed by atoms with Crippen molar-refractivity contribution in [1.29, 1.82) is 0 Å². The fourth-order valence-corrected chi connectivity index (χ4v) is 5.20. The third-order valence-corrected chi connectivity index (χ3v) is 7.16. The molecule has 0 unspecified atom stereocenters. The number of para-hydroxylation sites is 1. The molecule has 0 radical (unpaired) electrons. The van der Waals surface area contributed by atoms with Gasteiger partial charge in [-0.3, -0.25) is 4.79 Å².